The van der Waals surface area contributed by atoms with Crippen molar-refractivity contribution in [3.8, 4) is 0 Å². The molecule has 1 atom stereocenters. The molecule has 26 heavy (non-hydrogen) atoms. The SMILES string of the molecule is Cc1ccc(N[C@@H](CNS(=O)(=O)c2ccccc2)c2ccccc2)cc1. The minimum absolute atomic E-state index is 0.183. The van der Waals surface area contributed by atoms with Gasteiger partial charge in [-0.2, -0.15) is 0 Å². The first-order valence-corrected chi connectivity index (χ1v) is 9.96. The zero-order valence-electron chi connectivity index (χ0n) is 14.6. The van der Waals surface area contributed by atoms with Gasteiger partial charge in [-0.3, -0.25) is 0 Å². The van der Waals surface area contributed by atoms with Gasteiger partial charge in [-0.05, 0) is 36.8 Å². The largest absolute Gasteiger partial charge is 0.377 e. The summed E-state index contributed by atoms with van der Waals surface area (Å²) in [5.41, 5.74) is 3.14. The van der Waals surface area contributed by atoms with E-state index in [1.165, 1.54) is 5.56 Å². The molecule has 0 fully saturated rings. The molecule has 0 unspecified atom stereocenters. The van der Waals surface area contributed by atoms with Crippen LogP contribution >= 0.6 is 0 Å². The van der Waals surface area contributed by atoms with E-state index >= 15 is 0 Å². The fourth-order valence-corrected chi connectivity index (χ4v) is 3.73. The van der Waals surface area contributed by atoms with Crippen molar-refractivity contribution in [2.45, 2.75) is 17.9 Å². The zero-order valence-corrected chi connectivity index (χ0v) is 15.4. The highest BCUT2D eigenvalue weighted by molar-refractivity contribution is 7.89. The summed E-state index contributed by atoms with van der Waals surface area (Å²) in [5, 5.41) is 3.42. The molecule has 0 bridgehead atoms. The molecule has 3 rings (SSSR count). The zero-order chi connectivity index (χ0) is 18.4. The molecule has 3 aromatic carbocycles. The fourth-order valence-electron chi connectivity index (χ4n) is 2.66. The molecule has 0 aromatic heterocycles. The third-order valence-electron chi connectivity index (χ3n) is 4.13. The van der Waals surface area contributed by atoms with E-state index in [2.05, 4.69) is 10.0 Å². The monoisotopic (exact) mass is 366 g/mol. The second kappa shape index (κ2) is 8.17. The maximum absolute atomic E-state index is 12.5. The third kappa shape index (κ3) is 4.71. The highest BCUT2D eigenvalue weighted by Crippen LogP contribution is 2.20. The molecule has 0 saturated heterocycles. The molecular weight excluding hydrogens is 344 g/mol. The fraction of sp³-hybridized carbons (Fsp3) is 0.143. The van der Waals surface area contributed by atoms with E-state index in [0.717, 1.165) is 11.3 Å². The summed E-state index contributed by atoms with van der Waals surface area (Å²) in [6, 6.07) is 26.1. The van der Waals surface area contributed by atoms with Crippen molar-refractivity contribution >= 4 is 15.7 Å². The van der Waals surface area contributed by atoms with Gasteiger partial charge in [0.1, 0.15) is 0 Å². The Morgan fingerprint density at radius 1 is 0.808 bits per heavy atom. The number of sulfonamides is 1. The number of anilines is 1. The molecule has 0 aliphatic carbocycles. The van der Waals surface area contributed by atoms with Crippen molar-refractivity contribution < 1.29 is 8.42 Å². The Morgan fingerprint density at radius 2 is 1.38 bits per heavy atom. The van der Waals surface area contributed by atoms with Crippen molar-refractivity contribution in [1.29, 1.82) is 0 Å². The van der Waals surface area contributed by atoms with E-state index in [-0.39, 0.29) is 17.5 Å². The van der Waals surface area contributed by atoms with Gasteiger partial charge in [0.05, 0.1) is 10.9 Å². The van der Waals surface area contributed by atoms with Gasteiger partial charge >= 0.3 is 0 Å². The highest BCUT2D eigenvalue weighted by atomic mass is 32.2. The van der Waals surface area contributed by atoms with Crippen LogP contribution in [0.25, 0.3) is 0 Å². The maximum Gasteiger partial charge on any atom is 0.240 e. The van der Waals surface area contributed by atoms with Crippen LogP contribution in [0.1, 0.15) is 17.2 Å². The smallest absolute Gasteiger partial charge is 0.240 e. The van der Waals surface area contributed by atoms with Crippen LogP contribution in [0.5, 0.6) is 0 Å². The third-order valence-corrected chi connectivity index (χ3v) is 5.56. The molecule has 134 valence electrons. The molecule has 5 heteroatoms. The molecule has 0 aliphatic heterocycles. The first-order chi connectivity index (χ1) is 12.5. The molecule has 0 amide bonds. The molecule has 0 heterocycles. The normalized spacial score (nSPS) is 12.5. The molecule has 0 radical (unpaired) electrons. The first-order valence-electron chi connectivity index (χ1n) is 8.47. The topological polar surface area (TPSA) is 58.2 Å². The van der Waals surface area contributed by atoms with E-state index in [1.54, 1.807) is 30.3 Å². The number of aryl methyl sites for hydroxylation is 1. The van der Waals surface area contributed by atoms with E-state index in [9.17, 15) is 8.42 Å². The predicted molar refractivity (Wildman–Crippen MR) is 106 cm³/mol. The van der Waals surface area contributed by atoms with Crippen molar-refractivity contribution in [1.82, 2.24) is 4.72 Å². The maximum atomic E-state index is 12.5. The molecule has 0 saturated carbocycles. The second-order valence-corrected chi connectivity index (χ2v) is 7.91. The lowest BCUT2D eigenvalue weighted by Crippen LogP contribution is -2.31. The molecule has 0 spiro atoms. The summed E-state index contributed by atoms with van der Waals surface area (Å²) in [6.45, 7) is 2.28. The molecule has 0 aliphatic rings. The van der Waals surface area contributed by atoms with Gasteiger partial charge < -0.3 is 5.32 Å². The number of rotatable bonds is 7. The first kappa shape index (κ1) is 18.2. The summed E-state index contributed by atoms with van der Waals surface area (Å²) in [6.07, 6.45) is 0. The van der Waals surface area contributed by atoms with Crippen LogP contribution in [0.15, 0.2) is 89.8 Å². The lowest BCUT2D eigenvalue weighted by atomic mass is 10.1. The standard InChI is InChI=1S/C21H22N2O2S/c1-17-12-14-19(15-13-17)23-21(18-8-4-2-5-9-18)16-22-26(24,25)20-10-6-3-7-11-20/h2-15,21-23H,16H2,1H3/t21-/m0/s1. The number of benzene rings is 3. The molecular formula is C21H22N2O2S. The van der Waals surface area contributed by atoms with Crippen molar-refractivity contribution in [2.75, 3.05) is 11.9 Å². The highest BCUT2D eigenvalue weighted by Gasteiger charge is 2.18. The Hall–Kier alpha value is -2.63. The minimum atomic E-state index is -3.55. The van der Waals surface area contributed by atoms with Crippen molar-refractivity contribution in [3.05, 3.63) is 96.1 Å². The van der Waals surface area contributed by atoms with Crippen LogP contribution in [0.3, 0.4) is 0 Å². The van der Waals surface area contributed by atoms with Crippen molar-refractivity contribution in [3.63, 3.8) is 0 Å². The number of hydrogen-bond donors (Lipinski definition) is 2. The molecule has 3 aromatic rings. The lowest BCUT2D eigenvalue weighted by molar-refractivity contribution is 0.576. The number of hydrogen-bond acceptors (Lipinski definition) is 3. The van der Waals surface area contributed by atoms with Gasteiger partial charge in [0, 0.05) is 12.2 Å². The second-order valence-electron chi connectivity index (χ2n) is 6.14. The van der Waals surface area contributed by atoms with Gasteiger partial charge in [0.2, 0.25) is 10.0 Å². The minimum Gasteiger partial charge on any atom is -0.377 e. The average Bonchev–Trinajstić information content (AvgIpc) is 2.68. The van der Waals surface area contributed by atoms with Crippen LogP contribution < -0.4 is 10.0 Å². The Morgan fingerprint density at radius 3 is 2.00 bits per heavy atom. The Labute approximate surface area is 155 Å². The van der Waals surface area contributed by atoms with Crippen LogP contribution in [0.4, 0.5) is 5.69 Å². The van der Waals surface area contributed by atoms with E-state index in [1.807, 2.05) is 61.5 Å². The van der Waals surface area contributed by atoms with Gasteiger partial charge in [-0.15, -0.1) is 0 Å². The van der Waals surface area contributed by atoms with Crippen LogP contribution in [-0.2, 0) is 10.0 Å². The van der Waals surface area contributed by atoms with Gasteiger partial charge in [-0.1, -0.05) is 66.2 Å². The summed E-state index contributed by atoms with van der Waals surface area (Å²) >= 11 is 0. The van der Waals surface area contributed by atoms with Gasteiger partial charge in [0.25, 0.3) is 0 Å². The van der Waals surface area contributed by atoms with Crippen LogP contribution in [0.2, 0.25) is 0 Å². The van der Waals surface area contributed by atoms with E-state index in [4.69, 9.17) is 0 Å². The average molecular weight is 366 g/mol. The van der Waals surface area contributed by atoms with E-state index < -0.39 is 10.0 Å². The Balaban J connectivity index is 1.79. The quantitative estimate of drug-likeness (QED) is 0.661. The molecule has 2 N–H and O–H groups in total. The Bertz CT molecular complexity index is 925. The summed E-state index contributed by atoms with van der Waals surface area (Å²) in [5.74, 6) is 0. The number of nitrogens with one attached hydrogen (secondary N) is 2. The summed E-state index contributed by atoms with van der Waals surface area (Å²) in [4.78, 5) is 0.266. The summed E-state index contributed by atoms with van der Waals surface area (Å²) < 4.78 is 27.8. The van der Waals surface area contributed by atoms with Crippen LogP contribution in [0, 0.1) is 6.92 Å². The lowest BCUT2D eigenvalue weighted by Gasteiger charge is -2.21. The molecule has 4 nitrogen and oxygen atoms in total. The Kier molecular flexibility index (Phi) is 5.71. The van der Waals surface area contributed by atoms with E-state index in [0.29, 0.717) is 0 Å². The van der Waals surface area contributed by atoms with Gasteiger partial charge in [0.15, 0.2) is 0 Å². The predicted octanol–water partition coefficient (Wildman–Crippen LogP) is 4.13. The van der Waals surface area contributed by atoms with Crippen LogP contribution in [-0.4, -0.2) is 15.0 Å². The van der Waals surface area contributed by atoms with Gasteiger partial charge in [-0.25, -0.2) is 13.1 Å². The van der Waals surface area contributed by atoms with Crippen molar-refractivity contribution in [2.24, 2.45) is 0 Å². The summed E-state index contributed by atoms with van der Waals surface area (Å²) in [7, 11) is -3.55.